The molecule has 0 aliphatic carbocycles. The Kier molecular flexibility index (Phi) is 5.06. The van der Waals surface area contributed by atoms with E-state index in [0.29, 0.717) is 12.2 Å². The number of piperazine rings is 1. The molecule has 3 aromatic rings. The van der Waals surface area contributed by atoms with Crippen molar-refractivity contribution in [2.45, 2.75) is 20.3 Å². The van der Waals surface area contributed by atoms with E-state index in [2.05, 4.69) is 58.1 Å². The van der Waals surface area contributed by atoms with Gasteiger partial charge in [-0.3, -0.25) is 4.79 Å². The molecular weight excluding hydrogens is 386 g/mol. The van der Waals surface area contributed by atoms with Gasteiger partial charge in [0.15, 0.2) is 11.5 Å². The van der Waals surface area contributed by atoms with Crippen molar-refractivity contribution in [3.8, 4) is 0 Å². The van der Waals surface area contributed by atoms with Gasteiger partial charge in [-0.1, -0.05) is 30.3 Å². The molecule has 5 rings (SSSR count). The maximum Gasteiger partial charge on any atom is 0.278 e. The van der Waals surface area contributed by atoms with Crippen LogP contribution in [0.25, 0.3) is 0 Å². The van der Waals surface area contributed by atoms with Gasteiger partial charge in [-0.15, -0.1) is 10.2 Å². The Balaban J connectivity index is 1.25. The molecule has 6 heteroatoms. The van der Waals surface area contributed by atoms with E-state index in [1.807, 2.05) is 35.2 Å². The van der Waals surface area contributed by atoms with E-state index in [0.717, 1.165) is 44.1 Å². The zero-order valence-corrected chi connectivity index (χ0v) is 18.1. The summed E-state index contributed by atoms with van der Waals surface area (Å²) in [7, 11) is 0. The van der Waals surface area contributed by atoms with Crippen LogP contribution in [0.4, 0.5) is 17.2 Å². The summed E-state index contributed by atoms with van der Waals surface area (Å²) in [5, 5.41) is 8.67. The Labute approximate surface area is 183 Å². The first-order valence-electron chi connectivity index (χ1n) is 10.9. The van der Waals surface area contributed by atoms with Crippen LogP contribution in [0, 0.1) is 13.8 Å². The first kappa shape index (κ1) is 19.5. The van der Waals surface area contributed by atoms with Crippen LogP contribution >= 0.6 is 0 Å². The summed E-state index contributed by atoms with van der Waals surface area (Å²) in [6, 6.07) is 18.4. The van der Waals surface area contributed by atoms with Crippen LogP contribution in [-0.2, 0) is 6.42 Å². The number of nitrogens with zero attached hydrogens (tertiary/aromatic N) is 5. The lowest BCUT2D eigenvalue weighted by Crippen LogP contribution is -2.47. The molecule has 31 heavy (non-hydrogen) atoms. The van der Waals surface area contributed by atoms with Crippen molar-refractivity contribution in [1.82, 2.24) is 10.2 Å². The van der Waals surface area contributed by atoms with E-state index in [1.165, 1.54) is 22.4 Å². The smallest absolute Gasteiger partial charge is 0.278 e. The van der Waals surface area contributed by atoms with Gasteiger partial charge in [0.05, 0.1) is 0 Å². The van der Waals surface area contributed by atoms with Gasteiger partial charge in [0.1, 0.15) is 0 Å². The van der Waals surface area contributed by atoms with Gasteiger partial charge in [-0.25, -0.2) is 0 Å². The van der Waals surface area contributed by atoms with Crippen LogP contribution < -0.4 is 14.7 Å². The number of anilines is 3. The number of aryl methyl sites for hydroxylation is 2. The minimum Gasteiger partial charge on any atom is -0.368 e. The number of aromatic nitrogens is 2. The number of carbonyl (C=O) groups is 1. The topological polar surface area (TPSA) is 52.6 Å². The van der Waals surface area contributed by atoms with Crippen molar-refractivity contribution in [3.63, 3.8) is 0 Å². The minimum absolute atomic E-state index is 0.0799. The predicted molar refractivity (Wildman–Crippen MR) is 124 cm³/mol. The van der Waals surface area contributed by atoms with E-state index >= 15 is 0 Å². The maximum atomic E-state index is 13.0. The number of amides is 1. The van der Waals surface area contributed by atoms with Gasteiger partial charge >= 0.3 is 0 Å². The summed E-state index contributed by atoms with van der Waals surface area (Å²) in [5.74, 6) is 0.753. The molecule has 0 spiro atoms. The highest BCUT2D eigenvalue weighted by Gasteiger charge is 2.27. The molecular formula is C25H27N5O. The molecule has 6 nitrogen and oxygen atoms in total. The normalized spacial score (nSPS) is 15.9. The molecule has 1 fully saturated rings. The van der Waals surface area contributed by atoms with E-state index in [9.17, 15) is 4.79 Å². The largest absolute Gasteiger partial charge is 0.368 e. The average molecular weight is 414 g/mol. The van der Waals surface area contributed by atoms with Crippen LogP contribution in [0.3, 0.4) is 0 Å². The van der Waals surface area contributed by atoms with Crippen molar-refractivity contribution >= 4 is 23.1 Å². The third-order valence-corrected chi connectivity index (χ3v) is 6.31. The standard InChI is InChI=1S/C25H27N5O/c1-18-7-8-19(2)23(17-18)28-13-15-29(16-14-28)24-10-9-21(26-27-24)25(31)30-12-11-20-5-3-4-6-22(20)30/h3-10,17H,11-16H2,1-2H3. The monoisotopic (exact) mass is 413 g/mol. The van der Waals surface area contributed by atoms with E-state index in [1.54, 1.807) is 0 Å². The van der Waals surface area contributed by atoms with Crippen LogP contribution in [0.1, 0.15) is 27.2 Å². The van der Waals surface area contributed by atoms with Crippen molar-refractivity contribution in [1.29, 1.82) is 0 Å². The summed E-state index contributed by atoms with van der Waals surface area (Å²) in [6.07, 6.45) is 0.887. The molecule has 0 atom stereocenters. The number of benzene rings is 2. The second kappa shape index (κ2) is 8.02. The van der Waals surface area contributed by atoms with Crippen LogP contribution in [0.15, 0.2) is 54.6 Å². The van der Waals surface area contributed by atoms with Crippen LogP contribution in [-0.4, -0.2) is 48.8 Å². The second-order valence-electron chi connectivity index (χ2n) is 8.38. The molecule has 0 bridgehead atoms. The summed E-state index contributed by atoms with van der Waals surface area (Å²) >= 11 is 0. The Bertz CT molecular complexity index is 1100. The first-order chi connectivity index (χ1) is 15.1. The van der Waals surface area contributed by atoms with Gasteiger partial charge in [0.2, 0.25) is 0 Å². The summed E-state index contributed by atoms with van der Waals surface area (Å²) in [5.41, 5.74) is 6.51. The third kappa shape index (κ3) is 3.74. The van der Waals surface area contributed by atoms with Gasteiger partial charge < -0.3 is 14.7 Å². The zero-order valence-electron chi connectivity index (χ0n) is 18.1. The lowest BCUT2D eigenvalue weighted by molar-refractivity contribution is 0.0983. The van der Waals surface area contributed by atoms with E-state index in [4.69, 9.17) is 0 Å². The predicted octanol–water partition coefficient (Wildman–Crippen LogP) is 3.62. The molecule has 1 saturated heterocycles. The number of rotatable bonds is 3. The Morgan fingerprint density at radius 1 is 0.806 bits per heavy atom. The van der Waals surface area contributed by atoms with Gasteiger partial charge in [0.25, 0.3) is 5.91 Å². The van der Waals surface area contributed by atoms with Crippen molar-refractivity contribution in [3.05, 3.63) is 77.0 Å². The Morgan fingerprint density at radius 2 is 1.58 bits per heavy atom. The van der Waals surface area contributed by atoms with Gasteiger partial charge in [0, 0.05) is 44.1 Å². The molecule has 3 heterocycles. The molecule has 1 aromatic heterocycles. The minimum atomic E-state index is -0.0799. The second-order valence-corrected chi connectivity index (χ2v) is 8.38. The molecule has 158 valence electrons. The highest BCUT2D eigenvalue weighted by molar-refractivity contribution is 6.06. The van der Waals surface area contributed by atoms with E-state index < -0.39 is 0 Å². The number of para-hydroxylation sites is 1. The van der Waals surface area contributed by atoms with Crippen molar-refractivity contribution < 1.29 is 4.79 Å². The first-order valence-corrected chi connectivity index (χ1v) is 10.9. The Hall–Kier alpha value is -3.41. The number of hydrogen-bond acceptors (Lipinski definition) is 5. The lowest BCUT2D eigenvalue weighted by Gasteiger charge is -2.37. The molecule has 0 saturated carbocycles. The SMILES string of the molecule is Cc1ccc(C)c(N2CCN(c3ccc(C(=O)N4CCc5ccccc54)nn3)CC2)c1. The third-order valence-electron chi connectivity index (χ3n) is 6.31. The fourth-order valence-electron chi connectivity index (χ4n) is 4.53. The van der Waals surface area contributed by atoms with Crippen LogP contribution in [0.5, 0.6) is 0 Å². The number of fused-ring (bicyclic) bond motifs is 1. The highest BCUT2D eigenvalue weighted by Crippen LogP contribution is 2.29. The van der Waals surface area contributed by atoms with Crippen molar-refractivity contribution in [2.24, 2.45) is 0 Å². The summed E-state index contributed by atoms with van der Waals surface area (Å²) in [4.78, 5) is 19.5. The molecule has 2 aliphatic rings. The zero-order chi connectivity index (χ0) is 21.4. The quantitative estimate of drug-likeness (QED) is 0.656. The summed E-state index contributed by atoms with van der Waals surface area (Å²) in [6.45, 7) is 8.65. The molecule has 0 radical (unpaired) electrons. The lowest BCUT2D eigenvalue weighted by atomic mass is 10.1. The number of hydrogen-bond donors (Lipinski definition) is 0. The Morgan fingerprint density at radius 3 is 2.35 bits per heavy atom. The van der Waals surface area contributed by atoms with Crippen LogP contribution in [0.2, 0.25) is 0 Å². The maximum absolute atomic E-state index is 13.0. The molecule has 0 N–H and O–H groups in total. The number of carbonyl (C=O) groups excluding carboxylic acids is 1. The molecule has 2 aromatic carbocycles. The molecule has 1 amide bonds. The van der Waals surface area contributed by atoms with Gasteiger partial charge in [-0.05, 0) is 61.2 Å². The van der Waals surface area contributed by atoms with E-state index in [-0.39, 0.29) is 5.91 Å². The highest BCUT2D eigenvalue weighted by atomic mass is 16.2. The summed E-state index contributed by atoms with van der Waals surface area (Å²) < 4.78 is 0. The average Bonchev–Trinajstić information content (AvgIpc) is 3.25. The molecule has 2 aliphatic heterocycles. The van der Waals surface area contributed by atoms with Crippen molar-refractivity contribution in [2.75, 3.05) is 47.4 Å². The fraction of sp³-hybridized carbons (Fsp3) is 0.320. The fourth-order valence-corrected chi connectivity index (χ4v) is 4.53. The molecule has 0 unspecified atom stereocenters. The van der Waals surface area contributed by atoms with Gasteiger partial charge in [-0.2, -0.15) is 0 Å².